The molecule has 2 N–H and O–H groups in total. The van der Waals surface area contributed by atoms with Crippen molar-refractivity contribution >= 4 is 11.8 Å². The Kier molecular flexibility index (Phi) is 4.42. The Labute approximate surface area is 135 Å². The second-order valence-corrected chi connectivity index (χ2v) is 5.96. The first kappa shape index (κ1) is 15.3. The van der Waals surface area contributed by atoms with Crippen LogP contribution in [0.4, 0.5) is 0 Å². The van der Waals surface area contributed by atoms with Crippen molar-refractivity contribution in [2.75, 3.05) is 0 Å². The zero-order valence-electron chi connectivity index (χ0n) is 13.2. The maximum Gasteiger partial charge on any atom is 0.269 e. The third-order valence-electron chi connectivity index (χ3n) is 4.21. The van der Waals surface area contributed by atoms with Crippen LogP contribution in [-0.4, -0.2) is 11.8 Å². The molecule has 23 heavy (non-hydrogen) atoms. The third kappa shape index (κ3) is 3.59. The van der Waals surface area contributed by atoms with Crippen molar-refractivity contribution in [3.63, 3.8) is 0 Å². The Morgan fingerprint density at radius 2 is 1.35 bits per heavy atom. The molecule has 0 bridgehead atoms. The fourth-order valence-corrected chi connectivity index (χ4v) is 2.84. The molecule has 0 aliphatic heterocycles. The second-order valence-electron chi connectivity index (χ2n) is 5.96. The van der Waals surface area contributed by atoms with E-state index in [1.165, 1.54) is 24.0 Å². The van der Waals surface area contributed by atoms with E-state index < -0.39 is 0 Å². The summed E-state index contributed by atoms with van der Waals surface area (Å²) in [5, 5.41) is 0. The Morgan fingerprint density at radius 3 is 2.04 bits per heavy atom. The van der Waals surface area contributed by atoms with E-state index >= 15 is 0 Å². The number of nitrogens with one attached hydrogen (secondary N) is 2. The van der Waals surface area contributed by atoms with Crippen LogP contribution < -0.4 is 10.9 Å². The summed E-state index contributed by atoms with van der Waals surface area (Å²) in [7, 11) is 0. The first-order valence-corrected chi connectivity index (χ1v) is 7.92. The highest BCUT2D eigenvalue weighted by Gasteiger charge is 2.13. The van der Waals surface area contributed by atoms with Gasteiger partial charge in [-0.25, -0.2) is 0 Å². The van der Waals surface area contributed by atoms with Gasteiger partial charge < -0.3 is 0 Å². The Bertz CT molecular complexity index is 736. The van der Waals surface area contributed by atoms with E-state index in [4.69, 9.17) is 0 Å². The highest BCUT2D eigenvalue weighted by atomic mass is 16.2. The number of rotatable bonds is 2. The molecule has 0 aromatic heterocycles. The van der Waals surface area contributed by atoms with Gasteiger partial charge >= 0.3 is 0 Å². The molecule has 4 heteroatoms. The van der Waals surface area contributed by atoms with E-state index in [9.17, 15) is 9.59 Å². The van der Waals surface area contributed by atoms with Crippen LogP contribution in [0.25, 0.3) is 0 Å². The van der Waals surface area contributed by atoms with Gasteiger partial charge in [-0.05, 0) is 68.0 Å². The van der Waals surface area contributed by atoms with Crippen molar-refractivity contribution in [1.29, 1.82) is 0 Å². The summed E-state index contributed by atoms with van der Waals surface area (Å²) in [6.07, 6.45) is 4.49. The first-order chi connectivity index (χ1) is 11.1. The highest BCUT2D eigenvalue weighted by Crippen LogP contribution is 2.22. The SMILES string of the molecule is Cc1ccc(C(=O)NNC(=O)c2ccc3c(c2)CCCC3)cc1. The smallest absolute Gasteiger partial charge is 0.267 e. The Morgan fingerprint density at radius 1 is 0.783 bits per heavy atom. The van der Waals surface area contributed by atoms with E-state index in [-0.39, 0.29) is 11.8 Å². The van der Waals surface area contributed by atoms with E-state index in [0.29, 0.717) is 11.1 Å². The fourth-order valence-electron chi connectivity index (χ4n) is 2.84. The lowest BCUT2D eigenvalue weighted by atomic mass is 9.90. The van der Waals surface area contributed by atoms with E-state index in [0.717, 1.165) is 18.4 Å². The second kappa shape index (κ2) is 6.65. The molecule has 0 heterocycles. The van der Waals surface area contributed by atoms with E-state index in [1.54, 1.807) is 12.1 Å². The lowest BCUT2D eigenvalue weighted by Gasteiger charge is -2.16. The molecule has 2 amide bonds. The van der Waals surface area contributed by atoms with Gasteiger partial charge in [0.2, 0.25) is 0 Å². The molecule has 0 unspecified atom stereocenters. The van der Waals surface area contributed by atoms with Crippen LogP contribution in [0.5, 0.6) is 0 Å². The number of aryl methyl sites for hydroxylation is 3. The lowest BCUT2D eigenvalue weighted by Crippen LogP contribution is -2.41. The quantitative estimate of drug-likeness (QED) is 0.838. The van der Waals surface area contributed by atoms with Gasteiger partial charge in [0.25, 0.3) is 11.8 Å². The van der Waals surface area contributed by atoms with Gasteiger partial charge in [-0.1, -0.05) is 23.8 Å². The fraction of sp³-hybridized carbons (Fsp3) is 0.263. The molecule has 0 saturated carbocycles. The van der Waals surface area contributed by atoms with Gasteiger partial charge in [0.05, 0.1) is 0 Å². The van der Waals surface area contributed by atoms with Gasteiger partial charge in [0, 0.05) is 11.1 Å². The van der Waals surface area contributed by atoms with Crippen molar-refractivity contribution in [3.8, 4) is 0 Å². The molecule has 3 rings (SSSR count). The van der Waals surface area contributed by atoms with E-state index in [1.807, 2.05) is 37.3 Å². The molecule has 4 nitrogen and oxygen atoms in total. The average molecular weight is 308 g/mol. The van der Waals surface area contributed by atoms with Crippen molar-refractivity contribution in [2.24, 2.45) is 0 Å². The molecule has 0 spiro atoms. The lowest BCUT2D eigenvalue weighted by molar-refractivity contribution is 0.0846. The zero-order chi connectivity index (χ0) is 16.2. The molecular formula is C19H20N2O2. The Hall–Kier alpha value is -2.62. The molecule has 0 fully saturated rings. The normalized spacial score (nSPS) is 13.1. The summed E-state index contributed by atoms with van der Waals surface area (Å²) in [4.78, 5) is 24.2. The van der Waals surface area contributed by atoms with Crippen LogP contribution in [0.3, 0.4) is 0 Å². The predicted molar refractivity (Wildman–Crippen MR) is 89.2 cm³/mol. The summed E-state index contributed by atoms with van der Waals surface area (Å²) in [5.74, 6) is -0.616. The van der Waals surface area contributed by atoms with Gasteiger partial charge in [0.1, 0.15) is 0 Å². The number of hydrogen-bond donors (Lipinski definition) is 2. The molecule has 1 aliphatic rings. The van der Waals surface area contributed by atoms with Gasteiger partial charge in [-0.15, -0.1) is 0 Å². The summed E-state index contributed by atoms with van der Waals surface area (Å²) in [6.45, 7) is 1.96. The molecule has 0 atom stereocenters. The van der Waals surface area contributed by atoms with Crippen LogP contribution in [0.1, 0.15) is 50.2 Å². The monoisotopic (exact) mass is 308 g/mol. The van der Waals surface area contributed by atoms with Gasteiger partial charge in [0.15, 0.2) is 0 Å². The van der Waals surface area contributed by atoms with Crippen molar-refractivity contribution < 1.29 is 9.59 Å². The molecular weight excluding hydrogens is 288 g/mol. The highest BCUT2D eigenvalue weighted by molar-refractivity contribution is 5.99. The first-order valence-electron chi connectivity index (χ1n) is 7.92. The number of hydrazine groups is 1. The van der Waals surface area contributed by atoms with Crippen molar-refractivity contribution in [1.82, 2.24) is 10.9 Å². The number of carbonyl (C=O) groups is 2. The Balaban J connectivity index is 1.63. The standard InChI is InChI=1S/C19H20N2O2/c1-13-6-8-15(9-7-13)18(22)20-21-19(23)17-11-10-14-4-2-3-5-16(14)12-17/h6-12H,2-5H2,1H3,(H,20,22)(H,21,23). The minimum Gasteiger partial charge on any atom is -0.267 e. The molecule has 0 saturated heterocycles. The van der Waals surface area contributed by atoms with Crippen LogP contribution in [-0.2, 0) is 12.8 Å². The maximum absolute atomic E-state index is 12.2. The number of amides is 2. The molecule has 0 radical (unpaired) electrons. The number of hydrogen-bond acceptors (Lipinski definition) is 2. The molecule has 2 aromatic carbocycles. The minimum atomic E-state index is -0.323. The average Bonchev–Trinajstić information content (AvgIpc) is 2.59. The van der Waals surface area contributed by atoms with E-state index in [2.05, 4.69) is 10.9 Å². The van der Waals surface area contributed by atoms with Gasteiger partial charge in [-0.3, -0.25) is 20.4 Å². The predicted octanol–water partition coefficient (Wildman–Crippen LogP) is 2.95. The molecule has 2 aromatic rings. The summed E-state index contributed by atoms with van der Waals surface area (Å²) in [5.41, 5.74) is 9.69. The zero-order valence-corrected chi connectivity index (χ0v) is 13.2. The number of benzene rings is 2. The number of carbonyl (C=O) groups excluding carboxylic acids is 2. The minimum absolute atomic E-state index is 0.293. The largest absolute Gasteiger partial charge is 0.269 e. The van der Waals surface area contributed by atoms with Crippen LogP contribution in [0, 0.1) is 6.92 Å². The van der Waals surface area contributed by atoms with Gasteiger partial charge in [-0.2, -0.15) is 0 Å². The summed E-state index contributed by atoms with van der Waals surface area (Å²) < 4.78 is 0. The summed E-state index contributed by atoms with van der Waals surface area (Å²) >= 11 is 0. The number of fused-ring (bicyclic) bond motifs is 1. The maximum atomic E-state index is 12.2. The van der Waals surface area contributed by atoms with Crippen LogP contribution in [0.15, 0.2) is 42.5 Å². The molecule has 118 valence electrons. The van der Waals surface area contributed by atoms with Crippen LogP contribution >= 0.6 is 0 Å². The van der Waals surface area contributed by atoms with Crippen molar-refractivity contribution in [3.05, 3.63) is 70.3 Å². The summed E-state index contributed by atoms with van der Waals surface area (Å²) in [6, 6.07) is 13.0. The van der Waals surface area contributed by atoms with Crippen LogP contribution in [0.2, 0.25) is 0 Å². The topological polar surface area (TPSA) is 58.2 Å². The molecule has 1 aliphatic carbocycles. The third-order valence-corrected chi connectivity index (χ3v) is 4.21. The van der Waals surface area contributed by atoms with Crippen molar-refractivity contribution in [2.45, 2.75) is 32.6 Å².